The van der Waals surface area contributed by atoms with Gasteiger partial charge in [-0.1, -0.05) is 13.8 Å². The van der Waals surface area contributed by atoms with Crippen molar-refractivity contribution < 1.29 is 13.5 Å². The van der Waals surface area contributed by atoms with Crippen molar-refractivity contribution in [2.24, 2.45) is 0 Å². The SMILES string of the molecule is CCC(O)CCCCS(=O)(=O)CC. The van der Waals surface area contributed by atoms with E-state index >= 15 is 0 Å². The zero-order valence-corrected chi connectivity index (χ0v) is 9.31. The first-order valence-corrected chi connectivity index (χ1v) is 6.72. The van der Waals surface area contributed by atoms with Crippen LogP contribution in [0.3, 0.4) is 0 Å². The third-order valence-corrected chi connectivity index (χ3v) is 3.94. The molecule has 0 aliphatic carbocycles. The zero-order valence-electron chi connectivity index (χ0n) is 8.49. The summed E-state index contributed by atoms with van der Waals surface area (Å²) in [6.45, 7) is 3.59. The van der Waals surface area contributed by atoms with E-state index in [1.807, 2.05) is 6.92 Å². The van der Waals surface area contributed by atoms with Crippen molar-refractivity contribution in [1.29, 1.82) is 0 Å². The molecule has 0 aromatic carbocycles. The van der Waals surface area contributed by atoms with Gasteiger partial charge in [0.05, 0.1) is 11.9 Å². The lowest BCUT2D eigenvalue weighted by atomic mass is 10.1. The highest BCUT2D eigenvalue weighted by Crippen LogP contribution is 2.05. The monoisotopic (exact) mass is 208 g/mol. The number of sulfone groups is 1. The van der Waals surface area contributed by atoms with Gasteiger partial charge in [-0.2, -0.15) is 0 Å². The predicted octanol–water partition coefficient (Wildman–Crippen LogP) is 1.36. The maximum atomic E-state index is 11.1. The maximum Gasteiger partial charge on any atom is 0.150 e. The van der Waals surface area contributed by atoms with Crippen molar-refractivity contribution in [2.45, 2.75) is 45.6 Å². The Hall–Kier alpha value is -0.0900. The lowest BCUT2D eigenvalue weighted by Gasteiger charge is -2.06. The Morgan fingerprint density at radius 2 is 1.85 bits per heavy atom. The molecule has 0 rings (SSSR count). The van der Waals surface area contributed by atoms with Gasteiger partial charge in [0.2, 0.25) is 0 Å². The van der Waals surface area contributed by atoms with E-state index in [9.17, 15) is 13.5 Å². The largest absolute Gasteiger partial charge is 0.393 e. The van der Waals surface area contributed by atoms with Gasteiger partial charge in [0.25, 0.3) is 0 Å². The van der Waals surface area contributed by atoms with E-state index < -0.39 is 9.84 Å². The van der Waals surface area contributed by atoms with Gasteiger partial charge >= 0.3 is 0 Å². The lowest BCUT2D eigenvalue weighted by molar-refractivity contribution is 0.157. The molecular weight excluding hydrogens is 188 g/mol. The highest BCUT2D eigenvalue weighted by molar-refractivity contribution is 7.91. The topological polar surface area (TPSA) is 54.4 Å². The van der Waals surface area contributed by atoms with Crippen LogP contribution < -0.4 is 0 Å². The second-order valence-corrected chi connectivity index (χ2v) is 5.77. The van der Waals surface area contributed by atoms with Crippen LogP contribution in [-0.4, -0.2) is 31.1 Å². The second-order valence-electron chi connectivity index (χ2n) is 3.29. The molecule has 0 spiro atoms. The average Bonchev–Trinajstić information content (AvgIpc) is 2.12. The molecule has 3 nitrogen and oxygen atoms in total. The van der Waals surface area contributed by atoms with Gasteiger partial charge in [-0.25, -0.2) is 8.42 Å². The van der Waals surface area contributed by atoms with Crippen LogP contribution in [0.1, 0.15) is 39.5 Å². The fraction of sp³-hybridized carbons (Fsp3) is 1.00. The predicted molar refractivity (Wildman–Crippen MR) is 54.5 cm³/mol. The summed E-state index contributed by atoms with van der Waals surface area (Å²) in [6, 6.07) is 0. The number of aliphatic hydroxyl groups excluding tert-OH is 1. The molecule has 0 fully saturated rings. The van der Waals surface area contributed by atoms with E-state index in [1.54, 1.807) is 6.92 Å². The maximum absolute atomic E-state index is 11.1. The minimum atomic E-state index is -2.81. The number of hydrogen-bond donors (Lipinski definition) is 1. The van der Waals surface area contributed by atoms with Crippen LogP contribution in [0.15, 0.2) is 0 Å². The number of aliphatic hydroxyl groups is 1. The Morgan fingerprint density at radius 1 is 1.23 bits per heavy atom. The summed E-state index contributed by atoms with van der Waals surface area (Å²) >= 11 is 0. The molecule has 0 aliphatic heterocycles. The smallest absolute Gasteiger partial charge is 0.150 e. The zero-order chi connectivity index (χ0) is 10.3. The van der Waals surface area contributed by atoms with Crippen molar-refractivity contribution in [3.63, 3.8) is 0 Å². The lowest BCUT2D eigenvalue weighted by Crippen LogP contribution is -2.10. The van der Waals surface area contributed by atoms with Crippen LogP contribution in [-0.2, 0) is 9.84 Å². The summed E-state index contributed by atoms with van der Waals surface area (Å²) in [6.07, 6.45) is 2.68. The molecule has 0 saturated heterocycles. The molecule has 0 saturated carbocycles. The minimum Gasteiger partial charge on any atom is -0.393 e. The summed E-state index contributed by atoms with van der Waals surface area (Å²) < 4.78 is 22.1. The standard InChI is InChI=1S/C9H20O3S/c1-3-9(10)7-5-6-8-13(11,12)4-2/h9-10H,3-8H2,1-2H3. The third kappa shape index (κ3) is 7.02. The van der Waals surface area contributed by atoms with Gasteiger partial charge in [0.1, 0.15) is 9.84 Å². The average molecular weight is 208 g/mol. The molecule has 0 bridgehead atoms. The Kier molecular flexibility index (Phi) is 6.33. The normalized spacial score (nSPS) is 14.4. The molecule has 4 heteroatoms. The van der Waals surface area contributed by atoms with Crippen LogP contribution in [0.25, 0.3) is 0 Å². The van der Waals surface area contributed by atoms with Gasteiger partial charge in [-0.15, -0.1) is 0 Å². The Morgan fingerprint density at radius 3 is 2.31 bits per heavy atom. The highest BCUT2D eigenvalue weighted by Gasteiger charge is 2.07. The molecule has 0 heterocycles. The first kappa shape index (κ1) is 12.9. The summed E-state index contributed by atoms with van der Waals surface area (Å²) in [5.41, 5.74) is 0. The number of hydrogen-bond acceptors (Lipinski definition) is 3. The van der Waals surface area contributed by atoms with Gasteiger partial charge in [0.15, 0.2) is 0 Å². The van der Waals surface area contributed by atoms with Crippen molar-refractivity contribution in [2.75, 3.05) is 11.5 Å². The molecule has 13 heavy (non-hydrogen) atoms. The second kappa shape index (κ2) is 6.38. The molecule has 0 aromatic rings. The minimum absolute atomic E-state index is 0.226. The van der Waals surface area contributed by atoms with Crippen LogP contribution in [0.2, 0.25) is 0 Å². The van der Waals surface area contributed by atoms with E-state index in [0.29, 0.717) is 6.42 Å². The van der Waals surface area contributed by atoms with E-state index in [-0.39, 0.29) is 17.6 Å². The summed E-state index contributed by atoms with van der Waals surface area (Å²) in [4.78, 5) is 0. The van der Waals surface area contributed by atoms with Gasteiger partial charge < -0.3 is 5.11 Å². The molecule has 0 radical (unpaired) electrons. The number of rotatable bonds is 7. The Bertz CT molecular complexity index is 209. The molecule has 1 N–H and O–H groups in total. The van der Waals surface area contributed by atoms with Gasteiger partial charge in [0, 0.05) is 5.75 Å². The first-order valence-electron chi connectivity index (χ1n) is 4.90. The molecule has 1 unspecified atom stereocenters. The van der Waals surface area contributed by atoms with Crippen molar-refractivity contribution in [3.05, 3.63) is 0 Å². The van der Waals surface area contributed by atoms with Crippen molar-refractivity contribution in [1.82, 2.24) is 0 Å². The van der Waals surface area contributed by atoms with Crippen LogP contribution in [0.5, 0.6) is 0 Å². The van der Waals surface area contributed by atoms with Crippen molar-refractivity contribution >= 4 is 9.84 Å². The molecule has 80 valence electrons. The Labute approximate surface area is 81.1 Å². The van der Waals surface area contributed by atoms with Gasteiger partial charge in [-0.3, -0.25) is 0 Å². The van der Waals surface area contributed by atoms with E-state index in [2.05, 4.69) is 0 Å². The Balaban J connectivity index is 3.47. The molecule has 0 aromatic heterocycles. The quantitative estimate of drug-likeness (QED) is 0.643. The van der Waals surface area contributed by atoms with Gasteiger partial charge in [-0.05, 0) is 25.7 Å². The van der Waals surface area contributed by atoms with E-state index in [0.717, 1.165) is 19.3 Å². The summed E-state index contributed by atoms with van der Waals surface area (Å²) in [5, 5.41) is 9.20. The molecule has 0 amide bonds. The third-order valence-electron chi connectivity index (χ3n) is 2.15. The number of unbranched alkanes of at least 4 members (excludes halogenated alkanes) is 1. The molecule has 1 atom stereocenters. The first-order chi connectivity index (χ1) is 6.02. The van der Waals surface area contributed by atoms with E-state index in [1.165, 1.54) is 0 Å². The summed E-state index contributed by atoms with van der Waals surface area (Å²) in [5.74, 6) is 0.489. The van der Waals surface area contributed by atoms with E-state index in [4.69, 9.17) is 0 Å². The van der Waals surface area contributed by atoms with Crippen LogP contribution in [0.4, 0.5) is 0 Å². The highest BCUT2D eigenvalue weighted by atomic mass is 32.2. The fourth-order valence-electron chi connectivity index (χ4n) is 1.05. The van der Waals surface area contributed by atoms with Crippen molar-refractivity contribution in [3.8, 4) is 0 Å². The van der Waals surface area contributed by atoms with Crippen LogP contribution >= 0.6 is 0 Å². The molecular formula is C9H20O3S. The summed E-state index contributed by atoms with van der Waals surface area (Å²) in [7, 11) is -2.81. The molecule has 0 aliphatic rings. The fourth-order valence-corrected chi connectivity index (χ4v) is 1.98. The van der Waals surface area contributed by atoms with Crippen LogP contribution in [0, 0.1) is 0 Å².